The first-order chi connectivity index (χ1) is 15.5. The van der Waals surface area contributed by atoms with Crippen LogP contribution < -0.4 is 16.1 Å². The van der Waals surface area contributed by atoms with Crippen LogP contribution in [0.4, 0.5) is 5.95 Å². The van der Waals surface area contributed by atoms with E-state index in [-0.39, 0.29) is 11.5 Å². The highest BCUT2D eigenvalue weighted by Crippen LogP contribution is 2.31. The van der Waals surface area contributed by atoms with Gasteiger partial charge >= 0.3 is 5.69 Å². The lowest BCUT2D eigenvalue weighted by molar-refractivity contribution is 0.514. The topological polar surface area (TPSA) is 88.8 Å². The zero-order valence-corrected chi connectivity index (χ0v) is 19.8. The van der Waals surface area contributed by atoms with E-state index in [9.17, 15) is 9.59 Å². The summed E-state index contributed by atoms with van der Waals surface area (Å²) >= 11 is 3.46. The highest BCUT2D eigenvalue weighted by molar-refractivity contribution is 8.01. The van der Waals surface area contributed by atoms with Crippen LogP contribution in [0.1, 0.15) is 26.2 Å². The Labute approximate surface area is 193 Å². The molecule has 5 rings (SSSR count). The molecule has 3 aromatic heterocycles. The molecule has 8 nitrogen and oxygen atoms in total. The third kappa shape index (κ3) is 3.97. The smallest absolute Gasteiger partial charge is 0.329 e. The molecule has 0 amide bonds. The first-order valence-corrected chi connectivity index (χ1v) is 12.7. The van der Waals surface area contributed by atoms with E-state index < -0.39 is 5.69 Å². The summed E-state index contributed by atoms with van der Waals surface area (Å²) in [7, 11) is 1.66. The number of thioether (sulfide) groups is 1. The number of hydrogen-bond acceptors (Lipinski definition) is 7. The van der Waals surface area contributed by atoms with Crippen molar-refractivity contribution in [2.75, 3.05) is 23.7 Å². The predicted octanol–water partition coefficient (Wildman–Crippen LogP) is 3.45. The summed E-state index contributed by atoms with van der Waals surface area (Å²) < 4.78 is 5.71. The van der Waals surface area contributed by atoms with Gasteiger partial charge in [-0.15, -0.1) is 11.3 Å². The Morgan fingerprint density at radius 1 is 1.16 bits per heavy atom. The number of para-hydroxylation sites is 1. The molecule has 4 heterocycles. The fourth-order valence-corrected chi connectivity index (χ4v) is 6.32. The highest BCUT2D eigenvalue weighted by atomic mass is 32.2. The molecule has 0 aliphatic carbocycles. The van der Waals surface area contributed by atoms with Gasteiger partial charge in [-0.05, 0) is 37.3 Å². The van der Waals surface area contributed by atoms with Crippen molar-refractivity contribution in [3.63, 3.8) is 0 Å². The molecule has 1 fully saturated rings. The first-order valence-electron chi connectivity index (χ1n) is 10.9. The SMILES string of the molecule is C[C@@H](CSc1nc2ccccc2s1)Cn1c(N2CCCCC2)nc2c1c(=O)[nH]c(=O)n2C. The van der Waals surface area contributed by atoms with E-state index in [1.54, 1.807) is 30.1 Å². The summed E-state index contributed by atoms with van der Waals surface area (Å²) in [5.41, 5.74) is 1.16. The summed E-state index contributed by atoms with van der Waals surface area (Å²) in [4.78, 5) is 39.1. The summed E-state index contributed by atoms with van der Waals surface area (Å²) in [6.07, 6.45) is 3.44. The fraction of sp³-hybridized carbons (Fsp3) is 0.455. The van der Waals surface area contributed by atoms with Crippen LogP contribution >= 0.6 is 23.1 Å². The summed E-state index contributed by atoms with van der Waals surface area (Å²) in [6, 6.07) is 8.18. The maximum absolute atomic E-state index is 12.8. The van der Waals surface area contributed by atoms with Crippen molar-refractivity contribution in [2.24, 2.45) is 13.0 Å². The van der Waals surface area contributed by atoms with Gasteiger partial charge in [-0.2, -0.15) is 4.98 Å². The van der Waals surface area contributed by atoms with Gasteiger partial charge < -0.3 is 9.47 Å². The van der Waals surface area contributed by atoms with E-state index in [2.05, 4.69) is 22.9 Å². The zero-order chi connectivity index (χ0) is 22.2. The number of imidazole rings is 1. The standard InChI is InChI=1S/C22H26N6O2S2/c1-14(13-31-22-23-15-8-4-5-9-16(15)32-22)12-28-17-18(26(2)21(30)25-19(17)29)24-20(28)27-10-6-3-7-11-27/h4-5,8-9,14H,3,6-7,10-13H2,1-2H3,(H,25,29,30)/t14-/m1/s1. The molecule has 1 atom stereocenters. The number of fused-ring (bicyclic) bond motifs is 2. The van der Waals surface area contributed by atoms with Crippen LogP contribution in [0.25, 0.3) is 21.4 Å². The molecule has 1 aliphatic heterocycles. The third-order valence-corrected chi connectivity index (χ3v) is 8.39. The molecule has 1 aromatic carbocycles. The van der Waals surface area contributed by atoms with Crippen LogP contribution in [0.15, 0.2) is 38.2 Å². The number of rotatable bonds is 6. The molecule has 32 heavy (non-hydrogen) atoms. The van der Waals surface area contributed by atoms with Crippen LogP contribution in [0.2, 0.25) is 0 Å². The summed E-state index contributed by atoms with van der Waals surface area (Å²) in [6.45, 7) is 4.68. The number of benzene rings is 1. The number of H-pyrrole nitrogens is 1. The van der Waals surface area contributed by atoms with Crippen LogP contribution in [0.3, 0.4) is 0 Å². The van der Waals surface area contributed by atoms with E-state index in [4.69, 9.17) is 9.97 Å². The number of hydrogen-bond donors (Lipinski definition) is 1. The number of aromatic nitrogens is 5. The minimum absolute atomic E-state index is 0.282. The van der Waals surface area contributed by atoms with Gasteiger partial charge in [-0.1, -0.05) is 30.8 Å². The second-order valence-electron chi connectivity index (χ2n) is 8.42. The molecule has 1 N–H and O–H groups in total. The average molecular weight is 471 g/mol. The third-order valence-electron chi connectivity index (χ3n) is 5.89. The van der Waals surface area contributed by atoms with Gasteiger partial charge in [0.25, 0.3) is 5.56 Å². The highest BCUT2D eigenvalue weighted by Gasteiger charge is 2.24. The molecule has 1 aliphatic rings. The monoisotopic (exact) mass is 470 g/mol. The molecule has 168 valence electrons. The number of anilines is 1. The number of aryl methyl sites for hydroxylation is 1. The maximum atomic E-state index is 12.8. The van der Waals surface area contributed by atoms with Gasteiger partial charge in [0, 0.05) is 32.4 Å². The number of nitrogens with one attached hydrogen (secondary N) is 1. The van der Waals surface area contributed by atoms with Crippen molar-refractivity contribution in [3.8, 4) is 0 Å². The Hall–Kier alpha value is -2.59. The largest absolute Gasteiger partial charge is 0.342 e. The van der Waals surface area contributed by atoms with E-state index >= 15 is 0 Å². The number of nitrogens with zero attached hydrogens (tertiary/aromatic N) is 5. The Morgan fingerprint density at radius 2 is 1.94 bits per heavy atom. The minimum atomic E-state index is -0.434. The minimum Gasteiger partial charge on any atom is -0.342 e. The van der Waals surface area contributed by atoms with E-state index in [1.807, 2.05) is 22.8 Å². The van der Waals surface area contributed by atoms with Crippen LogP contribution in [-0.4, -0.2) is 42.9 Å². The molecular weight excluding hydrogens is 444 g/mol. The van der Waals surface area contributed by atoms with Gasteiger partial charge in [-0.3, -0.25) is 14.3 Å². The second-order valence-corrected chi connectivity index (χ2v) is 10.7. The number of thiazole rings is 1. The Morgan fingerprint density at radius 3 is 2.72 bits per heavy atom. The van der Waals surface area contributed by atoms with Crippen LogP contribution in [0.5, 0.6) is 0 Å². The number of aromatic amines is 1. The van der Waals surface area contributed by atoms with Crippen molar-refractivity contribution in [1.29, 1.82) is 0 Å². The molecular formula is C22H26N6O2S2. The Kier molecular flexibility index (Phi) is 5.81. The quantitative estimate of drug-likeness (QED) is 0.434. The normalized spacial score (nSPS) is 15.6. The maximum Gasteiger partial charge on any atom is 0.329 e. The molecule has 0 saturated carbocycles. The fourth-order valence-electron chi connectivity index (χ4n) is 4.22. The lowest BCUT2D eigenvalue weighted by Crippen LogP contribution is -2.33. The lowest BCUT2D eigenvalue weighted by atomic mass is 10.1. The Bertz CT molecular complexity index is 1350. The molecule has 1 saturated heterocycles. The van der Waals surface area contributed by atoms with Crippen LogP contribution in [0, 0.1) is 5.92 Å². The lowest BCUT2D eigenvalue weighted by Gasteiger charge is -2.28. The summed E-state index contributed by atoms with van der Waals surface area (Å²) in [5.74, 6) is 1.95. The van der Waals surface area contributed by atoms with Crippen molar-refractivity contribution in [3.05, 3.63) is 45.1 Å². The molecule has 0 bridgehead atoms. The zero-order valence-electron chi connectivity index (χ0n) is 18.2. The summed E-state index contributed by atoms with van der Waals surface area (Å²) in [5, 5.41) is 0. The molecule has 0 radical (unpaired) electrons. The molecule has 0 unspecified atom stereocenters. The number of piperidine rings is 1. The van der Waals surface area contributed by atoms with Crippen molar-refractivity contribution < 1.29 is 0 Å². The van der Waals surface area contributed by atoms with Gasteiger partial charge in [0.05, 0.1) is 10.2 Å². The average Bonchev–Trinajstić information content (AvgIpc) is 3.38. The predicted molar refractivity (Wildman–Crippen MR) is 131 cm³/mol. The second kappa shape index (κ2) is 8.74. The van der Waals surface area contributed by atoms with Crippen molar-refractivity contribution in [1.82, 2.24) is 24.1 Å². The van der Waals surface area contributed by atoms with Gasteiger partial charge in [0.2, 0.25) is 5.95 Å². The van der Waals surface area contributed by atoms with Gasteiger partial charge in [0.15, 0.2) is 15.5 Å². The van der Waals surface area contributed by atoms with Crippen LogP contribution in [-0.2, 0) is 13.6 Å². The van der Waals surface area contributed by atoms with E-state index in [0.29, 0.717) is 17.7 Å². The van der Waals surface area contributed by atoms with Crippen molar-refractivity contribution >= 4 is 50.4 Å². The molecule has 4 aromatic rings. The molecule has 10 heteroatoms. The van der Waals surface area contributed by atoms with Gasteiger partial charge in [0.1, 0.15) is 0 Å². The van der Waals surface area contributed by atoms with Crippen molar-refractivity contribution in [2.45, 2.75) is 37.1 Å². The van der Waals surface area contributed by atoms with E-state index in [1.165, 1.54) is 15.7 Å². The van der Waals surface area contributed by atoms with E-state index in [0.717, 1.165) is 47.5 Å². The molecule has 0 spiro atoms. The van der Waals surface area contributed by atoms with Gasteiger partial charge in [-0.25, -0.2) is 9.78 Å². The first kappa shape index (κ1) is 21.3. The Balaban J connectivity index is 1.44.